The van der Waals surface area contributed by atoms with Crippen molar-refractivity contribution in [3.05, 3.63) is 72.3 Å². The smallest absolute Gasteiger partial charge is 0.246 e. The summed E-state index contributed by atoms with van der Waals surface area (Å²) < 4.78 is 0. The fraction of sp³-hybridized carbons (Fsp3) is 0.465. The number of aromatic nitrogens is 1. The molecule has 1 aromatic heterocycles. The fourth-order valence-corrected chi connectivity index (χ4v) is 7.83. The zero-order valence-electron chi connectivity index (χ0n) is 31.2. The van der Waals surface area contributed by atoms with Crippen molar-refractivity contribution < 1.29 is 24.0 Å². The number of para-hydroxylation sites is 1. The Bertz CT molecular complexity index is 1970. The largest absolute Gasteiger partial charge is 0.354 e. The van der Waals surface area contributed by atoms with Crippen LogP contribution in [0.2, 0.25) is 0 Å². The Labute approximate surface area is 311 Å². The number of Topliss-reactive ketones (excluding diaryl/α,β-unsaturated/α-hetero) is 1. The molecule has 6 rings (SSSR count). The minimum atomic E-state index is -1.04. The number of carbonyl (C=O) groups is 5. The number of benzene rings is 3. The van der Waals surface area contributed by atoms with E-state index in [1.165, 1.54) is 0 Å². The van der Waals surface area contributed by atoms with Crippen molar-refractivity contribution in [2.75, 3.05) is 6.54 Å². The lowest BCUT2D eigenvalue weighted by molar-refractivity contribution is -0.147. The number of hydrogen-bond acceptors (Lipinski definition) is 5. The second-order valence-corrected chi connectivity index (χ2v) is 14.8. The number of hydrogen-bond donors (Lipinski definition) is 4. The van der Waals surface area contributed by atoms with Gasteiger partial charge in [-0.05, 0) is 72.1 Å². The summed E-state index contributed by atoms with van der Waals surface area (Å²) in [6.07, 6.45) is 6.21. The van der Waals surface area contributed by atoms with Crippen LogP contribution in [-0.4, -0.2) is 70.0 Å². The average Bonchev–Trinajstić information content (AvgIpc) is 3.55. The first-order valence-electron chi connectivity index (χ1n) is 19.5. The van der Waals surface area contributed by atoms with E-state index < -0.39 is 36.0 Å². The molecule has 4 amide bonds. The predicted molar refractivity (Wildman–Crippen MR) is 208 cm³/mol. The van der Waals surface area contributed by atoms with Gasteiger partial charge in [0.1, 0.15) is 30.0 Å². The predicted octanol–water partition coefficient (Wildman–Crippen LogP) is 6.36. The Morgan fingerprint density at radius 1 is 0.811 bits per heavy atom. The summed E-state index contributed by atoms with van der Waals surface area (Å²) in [6.45, 7) is 6.17. The molecule has 0 radical (unpaired) electrons. The molecule has 53 heavy (non-hydrogen) atoms. The molecule has 10 nitrogen and oxygen atoms in total. The van der Waals surface area contributed by atoms with Crippen LogP contribution in [0.1, 0.15) is 90.5 Å². The van der Waals surface area contributed by atoms with Crippen LogP contribution in [0.3, 0.4) is 0 Å². The third-order valence-electron chi connectivity index (χ3n) is 11.2. The molecule has 4 aromatic rings. The summed E-state index contributed by atoms with van der Waals surface area (Å²) in [7, 11) is 0. The molecule has 2 aliphatic rings. The fourth-order valence-electron chi connectivity index (χ4n) is 7.83. The molecule has 2 fully saturated rings. The Balaban J connectivity index is 1.37. The lowest BCUT2D eigenvalue weighted by Gasteiger charge is -2.39. The van der Waals surface area contributed by atoms with Crippen molar-refractivity contribution in [2.24, 2.45) is 5.92 Å². The molecule has 0 aliphatic carbocycles. The van der Waals surface area contributed by atoms with E-state index in [0.29, 0.717) is 51.5 Å². The number of piperidine rings is 1. The summed E-state index contributed by atoms with van der Waals surface area (Å²) in [5.74, 6) is -1.49. The van der Waals surface area contributed by atoms with Crippen molar-refractivity contribution in [3.63, 3.8) is 0 Å². The number of ketones is 1. The van der Waals surface area contributed by atoms with Crippen LogP contribution in [0.5, 0.6) is 0 Å². The third-order valence-corrected chi connectivity index (χ3v) is 11.2. The maximum atomic E-state index is 14.5. The molecule has 0 spiro atoms. The number of amides is 4. The molecule has 280 valence electrons. The topological polar surface area (TPSA) is 140 Å². The number of aromatic amines is 1. The zero-order chi connectivity index (χ0) is 37.5. The van der Waals surface area contributed by atoms with E-state index in [2.05, 4.69) is 51.3 Å². The van der Waals surface area contributed by atoms with Crippen molar-refractivity contribution >= 4 is 51.1 Å². The number of nitrogens with zero attached hydrogens (tertiary/aromatic N) is 1. The van der Waals surface area contributed by atoms with E-state index in [9.17, 15) is 24.0 Å². The first-order chi connectivity index (χ1) is 25.7. The molecule has 4 N–H and O–H groups in total. The average molecular weight is 720 g/mol. The van der Waals surface area contributed by atoms with Gasteiger partial charge >= 0.3 is 0 Å². The molecule has 2 aliphatic heterocycles. The normalized spacial score (nSPS) is 22.0. The van der Waals surface area contributed by atoms with Crippen molar-refractivity contribution in [2.45, 2.75) is 116 Å². The lowest BCUT2D eigenvalue weighted by Crippen LogP contribution is -2.64. The molecule has 10 heteroatoms. The molecule has 0 unspecified atom stereocenters. The third kappa shape index (κ3) is 8.64. The second-order valence-electron chi connectivity index (χ2n) is 14.8. The standard InChI is InChI=1S/C43H53N5O5/c1-4-27(3)38-43(53)48-24-14-13-21-37(48)42(52)45-35(20-8-6-7-17-31(49)5-2)40(50)46-36(41(51)47-38)26-33-32-18-11-12-19-34(32)44-39(33)30-23-22-28-15-9-10-16-29(28)25-30/h9-12,15-16,18-19,22-23,25,27,35-38,44H,4-8,13-14,17,20-21,24,26H2,1-3H3,(H,45,52)(H,46,50)(H,47,51)/t27-,35-,36-,37+,38-/m0/s1. The SMILES string of the molecule is CCC(=O)CCCCC[C@@H]1NC(=O)[C@H]2CCCCN2C(=O)[C@H]([C@@H](C)CC)NC(=O)[C@H](Cc2c(-c3ccc4ccccc4c3)[nH]c3ccccc23)NC1=O. The highest BCUT2D eigenvalue weighted by molar-refractivity contribution is 5.99. The Kier molecular flexibility index (Phi) is 12.3. The second kappa shape index (κ2) is 17.2. The van der Waals surface area contributed by atoms with Crippen LogP contribution >= 0.6 is 0 Å². The number of carbonyl (C=O) groups excluding carboxylic acids is 5. The van der Waals surface area contributed by atoms with Gasteiger partial charge in [0.15, 0.2) is 0 Å². The van der Waals surface area contributed by atoms with Gasteiger partial charge in [-0.3, -0.25) is 24.0 Å². The van der Waals surface area contributed by atoms with Gasteiger partial charge in [-0.25, -0.2) is 0 Å². The van der Waals surface area contributed by atoms with Gasteiger partial charge < -0.3 is 25.8 Å². The van der Waals surface area contributed by atoms with Crippen molar-refractivity contribution in [1.82, 2.24) is 25.8 Å². The van der Waals surface area contributed by atoms with Crippen LogP contribution in [0.25, 0.3) is 32.9 Å². The van der Waals surface area contributed by atoms with Gasteiger partial charge in [-0.2, -0.15) is 0 Å². The van der Waals surface area contributed by atoms with Gasteiger partial charge in [0.25, 0.3) is 0 Å². The Morgan fingerprint density at radius 3 is 2.34 bits per heavy atom. The monoisotopic (exact) mass is 719 g/mol. The first kappa shape index (κ1) is 37.8. The lowest BCUT2D eigenvalue weighted by atomic mass is 9.92. The van der Waals surface area contributed by atoms with Gasteiger partial charge in [0, 0.05) is 42.4 Å². The molecule has 5 atom stereocenters. The van der Waals surface area contributed by atoms with E-state index >= 15 is 0 Å². The molecular weight excluding hydrogens is 667 g/mol. The number of unbranched alkanes of at least 4 members (excludes halogenated alkanes) is 2. The molecular formula is C43H53N5O5. The van der Waals surface area contributed by atoms with Gasteiger partial charge in [0.05, 0.1) is 0 Å². The van der Waals surface area contributed by atoms with Crippen LogP contribution in [0, 0.1) is 5.92 Å². The quantitative estimate of drug-likeness (QED) is 0.126. The molecule has 0 bridgehead atoms. The summed E-state index contributed by atoms with van der Waals surface area (Å²) >= 11 is 0. The molecule has 0 saturated carbocycles. The van der Waals surface area contributed by atoms with Gasteiger partial charge in [0.2, 0.25) is 23.6 Å². The minimum Gasteiger partial charge on any atom is -0.354 e. The highest BCUT2D eigenvalue weighted by atomic mass is 16.2. The van der Waals surface area contributed by atoms with E-state index in [1.54, 1.807) is 4.90 Å². The number of nitrogens with one attached hydrogen (secondary N) is 4. The molecule has 3 heterocycles. The van der Waals surface area contributed by atoms with Gasteiger partial charge in [-0.1, -0.05) is 94.6 Å². The summed E-state index contributed by atoms with van der Waals surface area (Å²) in [5.41, 5.74) is 3.57. The van der Waals surface area contributed by atoms with Crippen LogP contribution in [0.4, 0.5) is 0 Å². The summed E-state index contributed by atoms with van der Waals surface area (Å²) in [6, 6.07) is 18.8. The Morgan fingerprint density at radius 2 is 1.55 bits per heavy atom. The van der Waals surface area contributed by atoms with Crippen LogP contribution in [0.15, 0.2) is 66.7 Å². The first-order valence-corrected chi connectivity index (χ1v) is 19.5. The summed E-state index contributed by atoms with van der Waals surface area (Å²) in [4.78, 5) is 74.2. The molecule has 2 saturated heterocycles. The van der Waals surface area contributed by atoms with E-state index in [4.69, 9.17) is 0 Å². The van der Waals surface area contributed by atoms with E-state index in [-0.39, 0.29) is 29.9 Å². The maximum absolute atomic E-state index is 14.5. The zero-order valence-corrected chi connectivity index (χ0v) is 31.2. The van der Waals surface area contributed by atoms with Crippen molar-refractivity contribution in [1.29, 1.82) is 0 Å². The summed E-state index contributed by atoms with van der Waals surface area (Å²) in [5, 5.41) is 12.2. The number of H-pyrrole nitrogens is 1. The molecule has 3 aromatic carbocycles. The highest BCUT2D eigenvalue weighted by Crippen LogP contribution is 2.33. The number of fused-ring (bicyclic) bond motifs is 3. The van der Waals surface area contributed by atoms with Crippen LogP contribution in [-0.2, 0) is 30.4 Å². The number of rotatable bonds is 12. The highest BCUT2D eigenvalue weighted by Gasteiger charge is 2.41. The minimum absolute atomic E-state index is 0.150. The van der Waals surface area contributed by atoms with Crippen LogP contribution < -0.4 is 16.0 Å². The maximum Gasteiger partial charge on any atom is 0.246 e. The van der Waals surface area contributed by atoms with Crippen molar-refractivity contribution in [3.8, 4) is 11.3 Å². The van der Waals surface area contributed by atoms with E-state index in [0.717, 1.165) is 57.8 Å². The van der Waals surface area contributed by atoms with Gasteiger partial charge in [-0.15, -0.1) is 0 Å². The Hall–Kier alpha value is -4.99. The van der Waals surface area contributed by atoms with E-state index in [1.807, 2.05) is 57.2 Å².